The number of aromatic amines is 1. The summed E-state index contributed by atoms with van der Waals surface area (Å²) in [6.45, 7) is 2.44. The molecule has 158 valence electrons. The van der Waals surface area contributed by atoms with Crippen molar-refractivity contribution in [2.24, 2.45) is 23.7 Å². The summed E-state index contributed by atoms with van der Waals surface area (Å²) in [7, 11) is 0. The maximum atomic E-state index is 6.12. The van der Waals surface area contributed by atoms with Crippen LogP contribution in [0.5, 0.6) is 0 Å². The molecule has 0 spiro atoms. The van der Waals surface area contributed by atoms with Crippen LogP contribution in [0.3, 0.4) is 0 Å². The van der Waals surface area contributed by atoms with Gasteiger partial charge in [0.05, 0.1) is 18.0 Å². The molecule has 3 saturated carbocycles. The van der Waals surface area contributed by atoms with Gasteiger partial charge in [-0.1, -0.05) is 18.5 Å². The number of hydrogen-bond donors (Lipinski definition) is 1. The van der Waals surface area contributed by atoms with Crippen molar-refractivity contribution >= 4 is 22.8 Å². The number of rotatable bonds is 4. The number of aromatic nitrogens is 5. The third-order valence-electron chi connectivity index (χ3n) is 7.43. The third-order valence-corrected chi connectivity index (χ3v) is 7.61. The first-order valence-corrected chi connectivity index (χ1v) is 11.5. The summed E-state index contributed by atoms with van der Waals surface area (Å²) in [5.41, 5.74) is 4.01. The molecule has 4 heterocycles. The number of hydrogen-bond acceptors (Lipinski definition) is 5. The molecular formula is C24H24ClN5O. The molecule has 6 nitrogen and oxygen atoms in total. The van der Waals surface area contributed by atoms with Crippen LogP contribution >= 0.6 is 11.6 Å². The van der Waals surface area contributed by atoms with E-state index < -0.39 is 0 Å². The minimum absolute atomic E-state index is 0.350. The Hall–Kier alpha value is -2.73. The molecule has 3 aliphatic rings. The second-order valence-electron chi connectivity index (χ2n) is 9.04. The first-order valence-electron chi connectivity index (χ1n) is 11.1. The highest BCUT2D eigenvalue weighted by Gasteiger charge is 2.41. The maximum absolute atomic E-state index is 6.12. The molecule has 0 saturated heterocycles. The lowest BCUT2D eigenvalue weighted by molar-refractivity contribution is 0.0339. The fourth-order valence-corrected chi connectivity index (χ4v) is 5.92. The molecule has 0 unspecified atom stereocenters. The molecule has 4 aromatic heterocycles. The highest BCUT2D eigenvalue weighted by Crippen LogP contribution is 2.49. The Morgan fingerprint density at radius 1 is 1.13 bits per heavy atom. The predicted molar refractivity (Wildman–Crippen MR) is 119 cm³/mol. The molecule has 0 amide bonds. The van der Waals surface area contributed by atoms with E-state index >= 15 is 0 Å². The van der Waals surface area contributed by atoms with E-state index in [9.17, 15) is 0 Å². The van der Waals surface area contributed by atoms with Crippen LogP contribution in [0.4, 0.5) is 0 Å². The van der Waals surface area contributed by atoms with Crippen LogP contribution in [-0.4, -0.2) is 24.9 Å². The van der Waals surface area contributed by atoms with Gasteiger partial charge in [-0.3, -0.25) is 0 Å². The van der Waals surface area contributed by atoms with Crippen LogP contribution < -0.4 is 0 Å². The normalized spacial score (nSPS) is 25.4. The number of H-pyrrole nitrogens is 1. The molecule has 3 aliphatic carbocycles. The van der Waals surface area contributed by atoms with Gasteiger partial charge in [0.15, 0.2) is 17.2 Å². The van der Waals surface area contributed by atoms with E-state index in [4.69, 9.17) is 26.0 Å². The molecule has 0 aromatic carbocycles. The van der Waals surface area contributed by atoms with E-state index in [1.54, 1.807) is 6.26 Å². The predicted octanol–water partition coefficient (Wildman–Crippen LogP) is 5.94. The van der Waals surface area contributed by atoms with Crippen molar-refractivity contribution in [3.63, 3.8) is 0 Å². The van der Waals surface area contributed by atoms with Crippen LogP contribution in [0, 0.1) is 23.7 Å². The highest BCUT2D eigenvalue weighted by molar-refractivity contribution is 6.29. The second-order valence-corrected chi connectivity index (χ2v) is 9.43. The van der Waals surface area contributed by atoms with Crippen LogP contribution in [0.2, 0.25) is 5.15 Å². The zero-order valence-electron chi connectivity index (χ0n) is 17.4. The summed E-state index contributed by atoms with van der Waals surface area (Å²) < 4.78 is 5.67. The Balaban J connectivity index is 1.44. The van der Waals surface area contributed by atoms with Gasteiger partial charge in [-0.15, -0.1) is 0 Å². The molecule has 0 aliphatic heterocycles. The smallest absolute Gasteiger partial charge is 0.163 e. The van der Waals surface area contributed by atoms with E-state index in [1.165, 1.54) is 31.9 Å². The minimum atomic E-state index is 0.350. The summed E-state index contributed by atoms with van der Waals surface area (Å²) in [6.07, 6.45) is 11.6. The monoisotopic (exact) mass is 433 g/mol. The van der Waals surface area contributed by atoms with Gasteiger partial charge < -0.3 is 9.40 Å². The third kappa shape index (κ3) is 3.33. The molecule has 2 bridgehead atoms. The largest absolute Gasteiger partial charge is 0.463 e. The topological polar surface area (TPSA) is 80.5 Å². The van der Waals surface area contributed by atoms with Crippen molar-refractivity contribution in [3.8, 4) is 22.8 Å². The second kappa shape index (κ2) is 7.45. The van der Waals surface area contributed by atoms with Gasteiger partial charge in [0, 0.05) is 11.9 Å². The van der Waals surface area contributed by atoms with E-state index in [2.05, 4.69) is 27.9 Å². The van der Waals surface area contributed by atoms with Crippen molar-refractivity contribution in [2.45, 2.75) is 39.0 Å². The van der Waals surface area contributed by atoms with Gasteiger partial charge in [0.1, 0.15) is 16.4 Å². The van der Waals surface area contributed by atoms with E-state index in [0.29, 0.717) is 28.1 Å². The molecule has 4 aromatic rings. The molecule has 7 rings (SSSR count). The summed E-state index contributed by atoms with van der Waals surface area (Å²) >= 11 is 6.12. The number of nitrogens with zero attached hydrogens (tertiary/aromatic N) is 4. The van der Waals surface area contributed by atoms with Crippen molar-refractivity contribution < 1.29 is 4.42 Å². The summed E-state index contributed by atoms with van der Waals surface area (Å²) in [4.78, 5) is 21.8. The van der Waals surface area contributed by atoms with Crippen molar-refractivity contribution in [2.75, 3.05) is 0 Å². The first kappa shape index (κ1) is 19.0. The number of halogens is 1. The summed E-state index contributed by atoms with van der Waals surface area (Å²) in [5, 5.41) is 0.350. The van der Waals surface area contributed by atoms with Crippen molar-refractivity contribution in [1.29, 1.82) is 0 Å². The Morgan fingerprint density at radius 3 is 2.74 bits per heavy atom. The Kier molecular flexibility index (Phi) is 4.56. The van der Waals surface area contributed by atoms with Crippen LogP contribution in [0.25, 0.3) is 34.0 Å². The van der Waals surface area contributed by atoms with Gasteiger partial charge in [-0.2, -0.15) is 0 Å². The molecule has 31 heavy (non-hydrogen) atoms. The van der Waals surface area contributed by atoms with Gasteiger partial charge in [-0.25, -0.2) is 19.9 Å². The Bertz CT molecular complexity index is 1220. The number of furan rings is 1. The standard InChI is InChI=1S/C24H24ClN5O/c1-13-14-4-6-15(7-5-14)17(13)9-16-10-19(20-3-2-8-31-20)29-23(28-16)18-11-26-24-22(18)30-21(25)12-27-24/h2-3,8,10-15,17H,4-7,9H2,1H3,(H,26,27)/t13-,14?,15?,17+/m0/s1. The zero-order chi connectivity index (χ0) is 20.9. The Morgan fingerprint density at radius 2 is 1.97 bits per heavy atom. The van der Waals surface area contributed by atoms with E-state index in [1.807, 2.05) is 18.3 Å². The van der Waals surface area contributed by atoms with Gasteiger partial charge in [0.2, 0.25) is 0 Å². The quantitative estimate of drug-likeness (QED) is 0.430. The van der Waals surface area contributed by atoms with Crippen LogP contribution in [0.15, 0.2) is 41.3 Å². The zero-order valence-corrected chi connectivity index (χ0v) is 18.1. The molecular weight excluding hydrogens is 410 g/mol. The maximum Gasteiger partial charge on any atom is 0.163 e. The Labute approximate surface area is 185 Å². The van der Waals surface area contributed by atoms with Crippen molar-refractivity contribution in [1.82, 2.24) is 24.9 Å². The van der Waals surface area contributed by atoms with Crippen LogP contribution in [-0.2, 0) is 6.42 Å². The van der Waals surface area contributed by atoms with E-state index in [-0.39, 0.29) is 0 Å². The summed E-state index contributed by atoms with van der Waals surface area (Å²) in [6, 6.07) is 5.91. The lowest BCUT2D eigenvalue weighted by Crippen LogP contribution is -2.39. The number of fused-ring (bicyclic) bond motifs is 4. The molecule has 7 heteroatoms. The van der Waals surface area contributed by atoms with Gasteiger partial charge in [-0.05, 0) is 74.0 Å². The molecule has 0 radical (unpaired) electrons. The first-order chi connectivity index (χ1) is 15.2. The fraction of sp³-hybridized carbons (Fsp3) is 0.417. The lowest BCUT2D eigenvalue weighted by atomic mass is 9.58. The SMILES string of the molecule is C[C@H]1C2CCC(CC2)[C@@H]1Cc1cc(-c2ccco2)nc(-c2c[nH]c3ncc(Cl)nc23)n1. The average molecular weight is 434 g/mol. The van der Waals surface area contributed by atoms with Gasteiger partial charge in [0.25, 0.3) is 0 Å². The van der Waals surface area contributed by atoms with Gasteiger partial charge >= 0.3 is 0 Å². The number of nitrogens with one attached hydrogen (secondary N) is 1. The van der Waals surface area contributed by atoms with Crippen LogP contribution in [0.1, 0.15) is 38.3 Å². The minimum Gasteiger partial charge on any atom is -0.463 e. The van der Waals surface area contributed by atoms with Crippen molar-refractivity contribution in [3.05, 3.63) is 47.7 Å². The average Bonchev–Trinajstić information content (AvgIpc) is 3.46. The summed E-state index contributed by atoms with van der Waals surface area (Å²) in [5.74, 6) is 4.47. The van der Waals surface area contributed by atoms with E-state index in [0.717, 1.165) is 46.9 Å². The molecule has 1 N–H and O–H groups in total. The fourth-order valence-electron chi connectivity index (χ4n) is 5.79. The molecule has 2 atom stereocenters. The lowest BCUT2D eigenvalue weighted by Gasteiger charge is -2.47. The highest BCUT2D eigenvalue weighted by atomic mass is 35.5. The molecule has 3 fully saturated rings.